The van der Waals surface area contributed by atoms with Gasteiger partial charge in [-0.1, -0.05) is 138 Å². The largest absolute Gasteiger partial charge is 0.391 e. The summed E-state index contributed by atoms with van der Waals surface area (Å²) in [6.07, 6.45) is 3.62. The van der Waals surface area contributed by atoms with E-state index in [-0.39, 0.29) is 33.6 Å². The highest BCUT2D eigenvalue weighted by Crippen LogP contribution is 2.56. The Morgan fingerprint density at radius 1 is 0.342 bits per heavy atom. The lowest BCUT2D eigenvalue weighted by molar-refractivity contribution is 1.09. The van der Waals surface area contributed by atoms with Crippen LogP contribution in [-0.4, -0.2) is 66.6 Å². The van der Waals surface area contributed by atoms with Crippen LogP contribution in [0.25, 0.3) is 32.3 Å². The van der Waals surface area contributed by atoms with Crippen LogP contribution in [0.2, 0.25) is 0 Å². The number of fused-ring (bicyclic) bond motifs is 23. The highest BCUT2D eigenvalue weighted by molar-refractivity contribution is 7.05. The van der Waals surface area contributed by atoms with E-state index in [0.29, 0.717) is 0 Å². The normalized spacial score (nSPS) is 16.9. The fourth-order valence-electron chi connectivity index (χ4n) is 18.5. The number of para-hydroxylation sites is 7. The minimum Gasteiger partial charge on any atom is -0.391 e. The molecule has 0 fully saturated rings. The first kappa shape index (κ1) is 38.0. The van der Waals surface area contributed by atoms with Crippen molar-refractivity contribution < 1.29 is 0 Å². The Hall–Kier alpha value is -8.61. The van der Waals surface area contributed by atoms with Crippen molar-refractivity contribution in [2.75, 3.05) is 55.6 Å². The maximum absolute atomic E-state index is 4.49. The van der Waals surface area contributed by atoms with Gasteiger partial charge < -0.3 is 29.8 Å². The van der Waals surface area contributed by atoms with Crippen LogP contribution in [0.3, 0.4) is 0 Å². The molecule has 0 aliphatic carbocycles. The summed E-state index contributed by atoms with van der Waals surface area (Å²) in [6.45, 7) is 0.881. The van der Waals surface area contributed by atoms with Gasteiger partial charge in [0, 0.05) is 127 Å². The third kappa shape index (κ3) is 3.85. The van der Waals surface area contributed by atoms with Crippen molar-refractivity contribution in [2.45, 2.75) is 0 Å². The number of nitrogens with one attached hydrogen (secondary N) is 1. The Balaban J connectivity index is 1.01. The molecule has 1 N–H and O–H groups in total. The van der Waals surface area contributed by atoms with E-state index in [9.17, 15) is 0 Å². The topological polar surface area (TPSA) is 28.2 Å². The van der Waals surface area contributed by atoms with Gasteiger partial charge in [-0.05, 0) is 108 Å². The van der Waals surface area contributed by atoms with Crippen molar-refractivity contribution in [3.05, 3.63) is 170 Å². The second-order valence-corrected chi connectivity index (χ2v) is 23.6. The molecule has 342 valence electrons. The van der Waals surface area contributed by atoms with E-state index >= 15 is 0 Å². The minimum atomic E-state index is 0.111. The van der Waals surface area contributed by atoms with Crippen LogP contribution >= 0.6 is 0 Å². The molecular weight excluding hydrogens is 918 g/mol. The van der Waals surface area contributed by atoms with Gasteiger partial charge in [0.25, 0.3) is 13.4 Å². The zero-order valence-corrected chi connectivity index (χ0v) is 41.3. The van der Waals surface area contributed by atoms with Gasteiger partial charge in [-0.3, -0.25) is 0 Å². The molecule has 0 saturated heterocycles. The molecule has 22 rings (SSSR count). The lowest BCUT2D eigenvalue weighted by Crippen LogP contribution is -2.70. The monoisotopic (exact) mass is 956 g/mol. The summed E-state index contributed by atoms with van der Waals surface area (Å²) < 4.78 is 0. The molecule has 11 heterocycles. The first-order valence-corrected chi connectivity index (χ1v) is 27.8. The average Bonchev–Trinajstić information content (AvgIpc) is 2.42. The lowest BCUT2D eigenvalue weighted by atomic mass is 9.28. The highest BCUT2D eigenvalue weighted by atomic mass is 15.2. The molecule has 0 unspecified atom stereocenters. The van der Waals surface area contributed by atoms with E-state index in [1.165, 1.54) is 166 Å². The summed E-state index contributed by atoms with van der Waals surface area (Å²) in [7, 11) is 0.881. The summed E-state index contributed by atoms with van der Waals surface area (Å²) in [4.78, 5) is 13.9. The van der Waals surface area contributed by atoms with E-state index in [1.54, 1.807) is 10.9 Å². The maximum Gasteiger partial charge on any atom is 0.252 e. The Morgan fingerprint density at radius 2 is 0.776 bits per heavy atom. The molecule has 6 nitrogen and oxygen atoms in total. The average molecular weight is 956 g/mol. The molecular formula is C64H38B6N6. The number of anilines is 13. The second-order valence-electron chi connectivity index (χ2n) is 23.6. The summed E-state index contributed by atoms with van der Waals surface area (Å²) in [5, 5.41) is 13.4. The predicted molar refractivity (Wildman–Crippen MR) is 328 cm³/mol. The molecule has 11 aromatic rings. The third-order valence-corrected chi connectivity index (χ3v) is 20.8. The van der Waals surface area contributed by atoms with Crippen molar-refractivity contribution in [1.29, 1.82) is 0 Å². The van der Waals surface area contributed by atoms with Gasteiger partial charge in [-0.15, -0.1) is 0 Å². The summed E-state index contributed by atoms with van der Waals surface area (Å²) in [5.74, 6) is 0. The zero-order chi connectivity index (χ0) is 48.3. The molecule has 11 aromatic carbocycles. The van der Waals surface area contributed by atoms with Crippen LogP contribution in [0, 0.1) is 0 Å². The molecule has 0 radical (unpaired) electrons. The van der Waals surface area contributed by atoms with Crippen molar-refractivity contribution >= 4 is 218 Å². The molecule has 0 spiro atoms. The molecule has 11 aliphatic heterocycles. The van der Waals surface area contributed by atoms with E-state index in [1.807, 2.05) is 0 Å². The molecule has 0 aromatic heterocycles. The molecule has 0 amide bonds. The van der Waals surface area contributed by atoms with Crippen LogP contribution < -0.4 is 101 Å². The van der Waals surface area contributed by atoms with Crippen LogP contribution in [0.4, 0.5) is 73.9 Å². The Kier molecular flexibility index (Phi) is 6.20. The van der Waals surface area contributed by atoms with Crippen molar-refractivity contribution in [1.82, 2.24) is 0 Å². The van der Waals surface area contributed by atoms with E-state index in [0.717, 1.165) is 33.1 Å². The summed E-state index contributed by atoms with van der Waals surface area (Å²) in [6, 6.07) is 66.1. The van der Waals surface area contributed by atoms with Crippen LogP contribution in [-0.2, 0) is 0 Å². The third-order valence-electron chi connectivity index (χ3n) is 20.8. The first-order valence-electron chi connectivity index (χ1n) is 27.8. The molecule has 0 saturated carbocycles. The van der Waals surface area contributed by atoms with Gasteiger partial charge in [-0.25, -0.2) is 0 Å². The van der Waals surface area contributed by atoms with Crippen molar-refractivity contribution in [3.8, 4) is 0 Å². The fraction of sp³-hybridized carbons (Fsp3) is 0.0625. The van der Waals surface area contributed by atoms with Crippen molar-refractivity contribution in [2.24, 2.45) is 0 Å². The maximum atomic E-state index is 4.49. The van der Waals surface area contributed by atoms with Gasteiger partial charge in [0.2, 0.25) is 20.1 Å². The number of hydrogen-bond acceptors (Lipinski definition) is 6. The highest BCUT2D eigenvalue weighted by Gasteiger charge is 2.57. The Bertz CT molecular complexity index is 4790. The minimum absolute atomic E-state index is 0.111. The van der Waals surface area contributed by atoms with E-state index < -0.39 is 0 Å². The van der Waals surface area contributed by atoms with Gasteiger partial charge in [0.05, 0.1) is 0 Å². The molecule has 12 heteroatoms. The molecule has 0 atom stereocenters. The molecule has 0 bridgehead atoms. The smallest absolute Gasteiger partial charge is 0.252 e. The Morgan fingerprint density at radius 3 is 1.42 bits per heavy atom. The standard InChI is InChI=1S/C64H38B6N6/c1-8-22-40-33(15-1)65-53-47-48-51-54-52-49-55-64-58-62(52)73(42-24-10-4-18-36(42)70(58)39-21-7-14-28-46(39)76(64)44-26-12-3-17-35(44)67(55)29-71-59(48)49)31-66(54)30-72-41-23-9-2-16-34(41)68-32-74-43-25-11-5-19-37(43)69-38-20-6-13-27-45(38)75(40)63(53)57(69)61(74)50(47)56(68)60(51)72/h1-28,65,71H,29-32H2. The lowest BCUT2D eigenvalue weighted by Gasteiger charge is -2.55. The Labute approximate surface area is 441 Å². The van der Waals surface area contributed by atoms with E-state index in [2.05, 4.69) is 200 Å². The van der Waals surface area contributed by atoms with Crippen LogP contribution in [0.15, 0.2) is 170 Å². The van der Waals surface area contributed by atoms with E-state index in [4.69, 9.17) is 0 Å². The number of nitrogens with zero attached hydrogens (tertiary/aromatic N) is 5. The number of rotatable bonds is 0. The predicted octanol–water partition coefficient (Wildman–Crippen LogP) is 3.66. The number of benzene rings is 11. The molecule has 76 heavy (non-hydrogen) atoms. The second kappa shape index (κ2) is 12.4. The fourth-order valence-corrected chi connectivity index (χ4v) is 18.5. The van der Waals surface area contributed by atoms with Crippen LogP contribution in [0.1, 0.15) is 0 Å². The van der Waals surface area contributed by atoms with Gasteiger partial charge in [-0.2, -0.15) is 0 Å². The summed E-state index contributed by atoms with van der Waals surface area (Å²) in [5.41, 5.74) is 37.2. The van der Waals surface area contributed by atoms with Gasteiger partial charge >= 0.3 is 0 Å². The van der Waals surface area contributed by atoms with Gasteiger partial charge in [0.1, 0.15) is 0 Å². The van der Waals surface area contributed by atoms with Crippen molar-refractivity contribution in [3.63, 3.8) is 0 Å². The quantitative estimate of drug-likeness (QED) is 0.142. The van der Waals surface area contributed by atoms with Gasteiger partial charge in [0.15, 0.2) is 7.28 Å². The first-order chi connectivity index (χ1) is 37.8. The SMILES string of the molecule is B1c2ccccc2N2c3ccccc3B3c4ccccc4N4CB5c6ccccc6N6CB7CN8c9ccccc9B9c%10ccccc%10N%10c%11ccccc%11B%11CNc%12c%13c%11c%10c9c8c%13c7c7c6c5c5c4c3c2c1c5c%127. The zero-order valence-electron chi connectivity index (χ0n) is 41.3. The summed E-state index contributed by atoms with van der Waals surface area (Å²) >= 11 is 0. The van der Waals surface area contributed by atoms with Crippen LogP contribution in [0.5, 0.6) is 0 Å². The number of hydrogen-bond donors (Lipinski definition) is 1. The molecule has 11 aliphatic rings.